The van der Waals surface area contributed by atoms with Crippen LogP contribution in [0, 0.1) is 0 Å². The summed E-state index contributed by atoms with van der Waals surface area (Å²) >= 11 is 0. The van der Waals surface area contributed by atoms with Crippen molar-refractivity contribution in [3.8, 4) is 0 Å². The maximum absolute atomic E-state index is 11.5. The number of nitrogens with two attached hydrogens (primary N) is 1. The lowest BCUT2D eigenvalue weighted by Crippen LogP contribution is -2.53. The second-order valence-electron chi connectivity index (χ2n) is 5.61. The van der Waals surface area contributed by atoms with Crippen LogP contribution >= 0.6 is 0 Å². The predicted octanol–water partition coefficient (Wildman–Crippen LogP) is 1.84. The van der Waals surface area contributed by atoms with Crippen molar-refractivity contribution >= 4 is 5.91 Å². The minimum Gasteiger partial charge on any atom is -0.379 e. The average Bonchev–Trinajstić information content (AvgIpc) is 2.39. The Morgan fingerprint density at radius 2 is 1.95 bits per heavy atom. The number of ether oxygens (including phenoxy) is 2. The van der Waals surface area contributed by atoms with Crippen LogP contribution in [0.2, 0.25) is 0 Å². The Hall–Kier alpha value is -0.650. The van der Waals surface area contributed by atoms with Crippen molar-refractivity contribution in [2.45, 2.75) is 65.0 Å². The van der Waals surface area contributed by atoms with Crippen LogP contribution in [0.25, 0.3) is 0 Å². The molecule has 1 atom stereocenters. The summed E-state index contributed by atoms with van der Waals surface area (Å²) in [6.45, 7) is 10.7. The third kappa shape index (κ3) is 9.28. The molecular formula is C15H32N2O3. The van der Waals surface area contributed by atoms with Gasteiger partial charge in [0.1, 0.15) is 0 Å². The van der Waals surface area contributed by atoms with Gasteiger partial charge in [0.2, 0.25) is 5.91 Å². The Morgan fingerprint density at radius 1 is 1.25 bits per heavy atom. The number of carbonyl (C=O) groups is 1. The summed E-state index contributed by atoms with van der Waals surface area (Å²) in [5, 5.41) is 3.23. The Bertz CT molecular complexity index is 260. The fourth-order valence-electron chi connectivity index (χ4n) is 1.83. The molecular weight excluding hydrogens is 256 g/mol. The summed E-state index contributed by atoms with van der Waals surface area (Å²) in [6, 6.07) is 0. The standard InChI is InChI=1S/C15H32N2O3/c1-5-9-17-15(4,14(16)18)8-6-7-10-19-11-12-20-13(2)3/h13,17H,5-12H2,1-4H3,(H2,16,18). The number of rotatable bonds is 13. The van der Waals surface area contributed by atoms with E-state index in [0.717, 1.165) is 32.2 Å². The van der Waals surface area contributed by atoms with E-state index >= 15 is 0 Å². The van der Waals surface area contributed by atoms with Crippen LogP contribution in [0.15, 0.2) is 0 Å². The fraction of sp³-hybridized carbons (Fsp3) is 0.933. The molecule has 0 saturated carbocycles. The number of hydrogen-bond acceptors (Lipinski definition) is 4. The number of primary amides is 1. The van der Waals surface area contributed by atoms with Crippen molar-refractivity contribution < 1.29 is 14.3 Å². The van der Waals surface area contributed by atoms with Crippen molar-refractivity contribution in [1.82, 2.24) is 5.32 Å². The van der Waals surface area contributed by atoms with E-state index in [9.17, 15) is 4.79 Å². The molecule has 0 fully saturated rings. The fourth-order valence-corrected chi connectivity index (χ4v) is 1.83. The molecule has 5 heteroatoms. The lowest BCUT2D eigenvalue weighted by molar-refractivity contribution is -0.124. The van der Waals surface area contributed by atoms with Gasteiger partial charge in [0, 0.05) is 6.61 Å². The van der Waals surface area contributed by atoms with E-state index in [4.69, 9.17) is 15.2 Å². The number of nitrogens with one attached hydrogen (secondary N) is 1. The Balaban J connectivity index is 3.66. The van der Waals surface area contributed by atoms with E-state index in [1.807, 2.05) is 20.8 Å². The van der Waals surface area contributed by atoms with Crippen molar-refractivity contribution in [3.63, 3.8) is 0 Å². The molecule has 0 spiro atoms. The zero-order valence-electron chi connectivity index (χ0n) is 13.5. The van der Waals surface area contributed by atoms with Crippen molar-refractivity contribution in [2.24, 2.45) is 5.73 Å². The largest absolute Gasteiger partial charge is 0.379 e. The molecule has 0 rings (SSSR count). The second kappa shape index (κ2) is 11.1. The summed E-state index contributed by atoms with van der Waals surface area (Å²) < 4.78 is 10.9. The Labute approximate surface area is 123 Å². The van der Waals surface area contributed by atoms with Crippen LogP contribution in [0.5, 0.6) is 0 Å². The Kier molecular flexibility index (Phi) is 10.7. The molecule has 120 valence electrons. The SMILES string of the molecule is CCCNC(C)(CCCCOCCOC(C)C)C(N)=O. The van der Waals surface area contributed by atoms with Crippen LogP contribution in [0.3, 0.4) is 0 Å². The molecule has 5 nitrogen and oxygen atoms in total. The molecule has 3 N–H and O–H groups in total. The van der Waals surface area contributed by atoms with Gasteiger partial charge in [-0.1, -0.05) is 6.92 Å². The molecule has 1 amide bonds. The third-order valence-electron chi connectivity index (χ3n) is 3.20. The van der Waals surface area contributed by atoms with Crippen molar-refractivity contribution in [3.05, 3.63) is 0 Å². The van der Waals surface area contributed by atoms with Crippen LogP contribution in [-0.2, 0) is 14.3 Å². The van der Waals surface area contributed by atoms with Gasteiger partial charge in [-0.3, -0.25) is 4.79 Å². The first-order chi connectivity index (χ1) is 9.42. The van der Waals surface area contributed by atoms with Gasteiger partial charge < -0.3 is 20.5 Å². The maximum Gasteiger partial charge on any atom is 0.237 e. The lowest BCUT2D eigenvalue weighted by atomic mass is 9.94. The van der Waals surface area contributed by atoms with Gasteiger partial charge in [0.05, 0.1) is 24.9 Å². The molecule has 0 aromatic rings. The Morgan fingerprint density at radius 3 is 2.50 bits per heavy atom. The van der Waals surface area contributed by atoms with Crippen molar-refractivity contribution in [1.29, 1.82) is 0 Å². The van der Waals surface area contributed by atoms with Crippen molar-refractivity contribution in [2.75, 3.05) is 26.4 Å². The number of amides is 1. The van der Waals surface area contributed by atoms with E-state index in [1.54, 1.807) is 0 Å². The topological polar surface area (TPSA) is 73.6 Å². The van der Waals surface area contributed by atoms with Gasteiger partial charge in [0.25, 0.3) is 0 Å². The minimum absolute atomic E-state index is 0.250. The van der Waals surface area contributed by atoms with E-state index < -0.39 is 5.54 Å². The predicted molar refractivity (Wildman–Crippen MR) is 81.7 cm³/mol. The minimum atomic E-state index is -0.600. The van der Waals surface area contributed by atoms with Gasteiger partial charge in [-0.25, -0.2) is 0 Å². The molecule has 20 heavy (non-hydrogen) atoms. The van der Waals surface area contributed by atoms with Crippen LogP contribution in [-0.4, -0.2) is 43.9 Å². The highest BCUT2D eigenvalue weighted by Gasteiger charge is 2.29. The smallest absolute Gasteiger partial charge is 0.237 e. The highest BCUT2D eigenvalue weighted by atomic mass is 16.5. The highest BCUT2D eigenvalue weighted by molar-refractivity contribution is 5.84. The monoisotopic (exact) mass is 288 g/mol. The molecule has 0 radical (unpaired) electrons. The summed E-state index contributed by atoms with van der Waals surface area (Å²) in [4.78, 5) is 11.5. The summed E-state index contributed by atoms with van der Waals surface area (Å²) in [5.41, 5.74) is 4.87. The van der Waals surface area contributed by atoms with Gasteiger partial charge in [-0.2, -0.15) is 0 Å². The van der Waals surface area contributed by atoms with E-state index in [0.29, 0.717) is 19.8 Å². The molecule has 0 saturated heterocycles. The van der Waals surface area contributed by atoms with Gasteiger partial charge in [0.15, 0.2) is 0 Å². The normalized spacial score (nSPS) is 14.4. The number of unbranched alkanes of at least 4 members (excludes halogenated alkanes) is 1. The molecule has 0 aromatic heterocycles. The number of hydrogen-bond donors (Lipinski definition) is 2. The molecule has 0 aromatic carbocycles. The second-order valence-corrected chi connectivity index (χ2v) is 5.61. The van der Waals surface area contributed by atoms with Gasteiger partial charge in [-0.15, -0.1) is 0 Å². The first kappa shape index (κ1) is 19.4. The van der Waals surface area contributed by atoms with Gasteiger partial charge >= 0.3 is 0 Å². The maximum atomic E-state index is 11.5. The average molecular weight is 288 g/mol. The summed E-state index contributed by atoms with van der Waals surface area (Å²) in [6.07, 6.45) is 3.83. The van der Waals surface area contributed by atoms with Crippen LogP contribution in [0.4, 0.5) is 0 Å². The zero-order valence-corrected chi connectivity index (χ0v) is 13.5. The zero-order chi connectivity index (χ0) is 15.4. The molecule has 1 unspecified atom stereocenters. The third-order valence-corrected chi connectivity index (χ3v) is 3.20. The summed E-state index contributed by atoms with van der Waals surface area (Å²) in [7, 11) is 0. The van der Waals surface area contributed by atoms with E-state index in [-0.39, 0.29) is 12.0 Å². The van der Waals surface area contributed by atoms with E-state index in [2.05, 4.69) is 12.2 Å². The molecule has 0 aliphatic rings. The highest BCUT2D eigenvalue weighted by Crippen LogP contribution is 2.13. The molecule has 0 aliphatic heterocycles. The van der Waals surface area contributed by atoms with E-state index in [1.165, 1.54) is 0 Å². The van der Waals surface area contributed by atoms with Gasteiger partial charge in [-0.05, 0) is 53.0 Å². The summed E-state index contributed by atoms with van der Waals surface area (Å²) in [5.74, 6) is -0.280. The first-order valence-electron chi connectivity index (χ1n) is 7.66. The first-order valence-corrected chi connectivity index (χ1v) is 7.66. The molecule has 0 heterocycles. The van der Waals surface area contributed by atoms with Crippen LogP contribution in [0.1, 0.15) is 53.4 Å². The van der Waals surface area contributed by atoms with Crippen LogP contribution < -0.4 is 11.1 Å². The molecule has 0 aliphatic carbocycles. The quantitative estimate of drug-likeness (QED) is 0.507. The number of carbonyl (C=O) groups excluding carboxylic acids is 1. The lowest BCUT2D eigenvalue weighted by Gasteiger charge is -2.27. The molecule has 0 bridgehead atoms.